The van der Waals surface area contributed by atoms with Gasteiger partial charge in [-0.1, -0.05) is 11.6 Å². The fourth-order valence-corrected chi connectivity index (χ4v) is 2.59. The zero-order chi connectivity index (χ0) is 16.8. The van der Waals surface area contributed by atoms with E-state index in [-0.39, 0.29) is 12.0 Å². The number of halogens is 1. The van der Waals surface area contributed by atoms with Crippen LogP contribution in [0.25, 0.3) is 6.08 Å². The standard InChI is InChI=1S/C16H17ClN2O3S/c1-10(2)22-15-12(17)8-11(9-13(15)21-3)4-5-14(20)19-16-18-6-7-23-16/h4-10H,1-3H3,(H,18,19,20). The van der Waals surface area contributed by atoms with E-state index in [0.29, 0.717) is 21.7 Å². The summed E-state index contributed by atoms with van der Waals surface area (Å²) in [7, 11) is 1.54. The Morgan fingerprint density at radius 1 is 1.43 bits per heavy atom. The Kier molecular flexibility index (Phi) is 6.01. The van der Waals surface area contributed by atoms with Crippen LogP contribution in [0.4, 0.5) is 5.13 Å². The second-order valence-electron chi connectivity index (χ2n) is 4.86. The van der Waals surface area contributed by atoms with Gasteiger partial charge in [-0.2, -0.15) is 0 Å². The van der Waals surface area contributed by atoms with Crippen LogP contribution >= 0.6 is 22.9 Å². The van der Waals surface area contributed by atoms with Gasteiger partial charge in [0.2, 0.25) is 5.91 Å². The Bertz CT molecular complexity index is 700. The van der Waals surface area contributed by atoms with Gasteiger partial charge in [0.15, 0.2) is 16.6 Å². The first-order chi connectivity index (χ1) is 11.0. The van der Waals surface area contributed by atoms with Crippen LogP contribution in [0.15, 0.2) is 29.8 Å². The minimum absolute atomic E-state index is 0.0214. The molecule has 0 bridgehead atoms. The Balaban J connectivity index is 2.15. The molecule has 0 spiro atoms. The summed E-state index contributed by atoms with van der Waals surface area (Å²) in [4.78, 5) is 15.8. The molecule has 0 fully saturated rings. The number of methoxy groups -OCH3 is 1. The van der Waals surface area contributed by atoms with Gasteiger partial charge >= 0.3 is 0 Å². The molecule has 0 aliphatic rings. The second-order valence-corrected chi connectivity index (χ2v) is 6.16. The van der Waals surface area contributed by atoms with Gasteiger partial charge < -0.3 is 9.47 Å². The second kappa shape index (κ2) is 7.99. The maximum Gasteiger partial charge on any atom is 0.250 e. The first-order valence-corrected chi connectivity index (χ1v) is 8.18. The van der Waals surface area contributed by atoms with Crippen LogP contribution in [0.1, 0.15) is 19.4 Å². The van der Waals surface area contributed by atoms with Gasteiger partial charge in [-0.3, -0.25) is 10.1 Å². The Labute approximate surface area is 143 Å². The van der Waals surface area contributed by atoms with Crippen LogP contribution in [0.2, 0.25) is 5.02 Å². The summed E-state index contributed by atoms with van der Waals surface area (Å²) in [6.45, 7) is 3.82. The number of hydrogen-bond acceptors (Lipinski definition) is 5. The molecule has 0 saturated heterocycles. The molecule has 0 saturated carbocycles. The Hall–Kier alpha value is -2.05. The van der Waals surface area contributed by atoms with Crippen LogP contribution in [-0.2, 0) is 4.79 Å². The average Bonchev–Trinajstić information content (AvgIpc) is 3.00. The zero-order valence-electron chi connectivity index (χ0n) is 13.0. The van der Waals surface area contributed by atoms with Crippen LogP contribution in [0, 0.1) is 0 Å². The van der Waals surface area contributed by atoms with Crippen molar-refractivity contribution in [2.24, 2.45) is 0 Å². The van der Waals surface area contributed by atoms with Gasteiger partial charge in [-0.25, -0.2) is 4.98 Å². The first kappa shape index (κ1) is 17.3. The molecule has 122 valence electrons. The van der Waals surface area contributed by atoms with Crippen molar-refractivity contribution < 1.29 is 14.3 Å². The molecule has 1 aromatic heterocycles. The maximum absolute atomic E-state index is 11.8. The third-order valence-electron chi connectivity index (χ3n) is 2.69. The molecule has 0 atom stereocenters. The molecule has 23 heavy (non-hydrogen) atoms. The number of anilines is 1. The number of thiazole rings is 1. The van der Waals surface area contributed by atoms with Crippen LogP contribution in [0.5, 0.6) is 11.5 Å². The molecule has 5 nitrogen and oxygen atoms in total. The summed E-state index contributed by atoms with van der Waals surface area (Å²) in [6.07, 6.45) is 4.67. The summed E-state index contributed by atoms with van der Waals surface area (Å²) >= 11 is 7.59. The molecule has 0 radical (unpaired) electrons. The largest absolute Gasteiger partial charge is 0.493 e. The average molecular weight is 353 g/mol. The van der Waals surface area contributed by atoms with Crippen molar-refractivity contribution in [3.8, 4) is 11.5 Å². The van der Waals surface area contributed by atoms with Crippen molar-refractivity contribution in [2.45, 2.75) is 20.0 Å². The molecule has 0 aliphatic carbocycles. The number of rotatable bonds is 6. The van der Waals surface area contributed by atoms with E-state index in [0.717, 1.165) is 5.56 Å². The SMILES string of the molecule is COc1cc(C=CC(=O)Nc2nccs2)cc(Cl)c1OC(C)C. The highest BCUT2D eigenvalue weighted by molar-refractivity contribution is 7.13. The lowest BCUT2D eigenvalue weighted by atomic mass is 10.2. The smallest absolute Gasteiger partial charge is 0.250 e. The first-order valence-electron chi connectivity index (χ1n) is 6.92. The van der Waals surface area contributed by atoms with E-state index in [1.165, 1.54) is 17.4 Å². The van der Waals surface area contributed by atoms with Gasteiger partial charge in [0, 0.05) is 17.7 Å². The van der Waals surface area contributed by atoms with E-state index in [2.05, 4.69) is 10.3 Å². The number of amides is 1. The lowest BCUT2D eigenvalue weighted by Gasteiger charge is -2.15. The van der Waals surface area contributed by atoms with Gasteiger partial charge in [-0.15, -0.1) is 11.3 Å². The highest BCUT2D eigenvalue weighted by Crippen LogP contribution is 2.37. The van der Waals surface area contributed by atoms with E-state index in [4.69, 9.17) is 21.1 Å². The van der Waals surface area contributed by atoms with E-state index in [1.807, 2.05) is 13.8 Å². The van der Waals surface area contributed by atoms with Gasteiger partial charge in [0.1, 0.15) is 0 Å². The van der Waals surface area contributed by atoms with Gasteiger partial charge in [-0.05, 0) is 37.6 Å². The minimum Gasteiger partial charge on any atom is -0.493 e. The van der Waals surface area contributed by atoms with E-state index >= 15 is 0 Å². The Morgan fingerprint density at radius 3 is 2.83 bits per heavy atom. The van der Waals surface area contributed by atoms with Gasteiger partial charge in [0.05, 0.1) is 18.2 Å². The predicted octanol–water partition coefficient (Wildman–Crippen LogP) is 4.24. The highest BCUT2D eigenvalue weighted by Gasteiger charge is 2.12. The van der Waals surface area contributed by atoms with Crippen molar-refractivity contribution in [1.29, 1.82) is 0 Å². The summed E-state index contributed by atoms with van der Waals surface area (Å²) < 4.78 is 11.0. The van der Waals surface area contributed by atoms with Crippen molar-refractivity contribution in [3.05, 3.63) is 40.4 Å². The highest BCUT2D eigenvalue weighted by atomic mass is 35.5. The molecule has 2 aromatic rings. The molecule has 2 rings (SSSR count). The number of aromatic nitrogens is 1. The Morgan fingerprint density at radius 2 is 2.22 bits per heavy atom. The van der Waals surface area contributed by atoms with Crippen molar-refractivity contribution in [1.82, 2.24) is 4.98 Å². The topological polar surface area (TPSA) is 60.5 Å². The summed E-state index contributed by atoms with van der Waals surface area (Å²) in [5, 5.41) is 5.44. The minimum atomic E-state index is -0.266. The van der Waals surface area contributed by atoms with Crippen LogP contribution in [-0.4, -0.2) is 24.1 Å². The van der Waals surface area contributed by atoms with Crippen molar-refractivity contribution >= 4 is 40.1 Å². The number of benzene rings is 1. The summed E-state index contributed by atoms with van der Waals surface area (Å²) in [6, 6.07) is 3.48. The van der Waals surface area contributed by atoms with E-state index < -0.39 is 0 Å². The molecule has 7 heteroatoms. The molecule has 1 heterocycles. The summed E-state index contributed by atoms with van der Waals surface area (Å²) in [5.41, 5.74) is 0.734. The van der Waals surface area contributed by atoms with Crippen LogP contribution in [0.3, 0.4) is 0 Å². The number of carbonyl (C=O) groups is 1. The number of hydrogen-bond donors (Lipinski definition) is 1. The zero-order valence-corrected chi connectivity index (χ0v) is 14.6. The lowest BCUT2D eigenvalue weighted by Crippen LogP contribution is -2.08. The normalized spacial score (nSPS) is 11.0. The van der Waals surface area contributed by atoms with Crippen molar-refractivity contribution in [2.75, 3.05) is 12.4 Å². The van der Waals surface area contributed by atoms with Crippen LogP contribution < -0.4 is 14.8 Å². The molecule has 1 amide bonds. The monoisotopic (exact) mass is 352 g/mol. The third-order valence-corrected chi connectivity index (χ3v) is 3.66. The summed E-state index contributed by atoms with van der Waals surface area (Å²) in [5.74, 6) is 0.747. The fourth-order valence-electron chi connectivity index (χ4n) is 1.79. The van der Waals surface area contributed by atoms with Gasteiger partial charge in [0.25, 0.3) is 0 Å². The third kappa shape index (κ3) is 4.97. The number of carbonyl (C=O) groups excluding carboxylic acids is 1. The molecule has 0 unspecified atom stereocenters. The lowest BCUT2D eigenvalue weighted by molar-refractivity contribution is -0.111. The molecular formula is C16H17ClN2O3S. The van der Waals surface area contributed by atoms with Crippen molar-refractivity contribution in [3.63, 3.8) is 0 Å². The molecule has 1 aromatic carbocycles. The number of nitrogens with one attached hydrogen (secondary N) is 1. The number of nitrogens with zero attached hydrogens (tertiary/aromatic N) is 1. The molecule has 1 N–H and O–H groups in total. The molecular weight excluding hydrogens is 336 g/mol. The molecule has 0 aliphatic heterocycles. The maximum atomic E-state index is 11.8. The van der Waals surface area contributed by atoms with E-state index in [1.54, 1.807) is 36.9 Å². The quantitative estimate of drug-likeness (QED) is 0.790. The van der Waals surface area contributed by atoms with E-state index in [9.17, 15) is 4.79 Å². The number of ether oxygens (including phenoxy) is 2. The fraction of sp³-hybridized carbons (Fsp3) is 0.250. The predicted molar refractivity (Wildman–Crippen MR) is 93.5 cm³/mol.